The van der Waals surface area contributed by atoms with Crippen LogP contribution in [0.25, 0.3) is 22.0 Å². The fourth-order valence-corrected chi connectivity index (χ4v) is 5.04. The third-order valence-corrected chi connectivity index (χ3v) is 7.14. The molecule has 5 rings (SSSR count). The molecule has 0 radical (unpaired) electrons. The van der Waals surface area contributed by atoms with Crippen LogP contribution in [-0.2, 0) is 4.79 Å². The summed E-state index contributed by atoms with van der Waals surface area (Å²) in [5.41, 5.74) is 4.58. The van der Waals surface area contributed by atoms with Gasteiger partial charge >= 0.3 is 0 Å². The van der Waals surface area contributed by atoms with E-state index in [1.807, 2.05) is 43.4 Å². The van der Waals surface area contributed by atoms with Crippen molar-refractivity contribution in [3.63, 3.8) is 0 Å². The number of fused-ring (bicyclic) bond motifs is 1. The average Bonchev–Trinajstić information content (AvgIpc) is 3.38. The van der Waals surface area contributed by atoms with Gasteiger partial charge in [-0.05, 0) is 38.2 Å². The number of hydrogen-bond acceptors (Lipinski definition) is 8. The third-order valence-electron chi connectivity index (χ3n) is 6.93. The first-order valence-corrected chi connectivity index (χ1v) is 12.9. The van der Waals surface area contributed by atoms with Crippen LogP contribution in [0.1, 0.15) is 6.42 Å². The number of methoxy groups -OCH3 is 1. The van der Waals surface area contributed by atoms with Gasteiger partial charge in [0.15, 0.2) is 0 Å². The summed E-state index contributed by atoms with van der Waals surface area (Å²) in [5, 5.41) is 7.66. The number of likely N-dealkylation sites (N-methyl/N-ethyl adjacent to an activating group) is 2. The van der Waals surface area contributed by atoms with Crippen LogP contribution in [0, 0.1) is 0 Å². The monoisotopic (exact) mass is 543 g/mol. The molecule has 2 N–H and O–H groups in total. The molecule has 39 heavy (non-hydrogen) atoms. The number of aromatic nitrogens is 3. The number of nitrogens with zero attached hydrogens (tertiary/aromatic N) is 5. The molecule has 1 amide bonds. The zero-order valence-corrected chi connectivity index (χ0v) is 22.9. The number of benzene rings is 2. The molecule has 2 aromatic heterocycles. The van der Waals surface area contributed by atoms with E-state index in [0.717, 1.165) is 47.2 Å². The Hall–Kier alpha value is -4.21. The van der Waals surface area contributed by atoms with Crippen molar-refractivity contribution in [1.82, 2.24) is 19.9 Å². The second-order valence-corrected chi connectivity index (χ2v) is 9.97. The summed E-state index contributed by atoms with van der Waals surface area (Å²) in [5.74, 6) is 0.671. The van der Waals surface area contributed by atoms with Crippen LogP contribution in [0.5, 0.6) is 5.75 Å². The largest absolute Gasteiger partial charge is 0.494 e. The Labute approximate surface area is 232 Å². The first kappa shape index (κ1) is 26.4. The van der Waals surface area contributed by atoms with Crippen LogP contribution < -0.4 is 20.3 Å². The Balaban J connectivity index is 1.54. The van der Waals surface area contributed by atoms with Crippen molar-refractivity contribution in [1.29, 1.82) is 0 Å². The lowest BCUT2D eigenvalue weighted by Crippen LogP contribution is -2.34. The summed E-state index contributed by atoms with van der Waals surface area (Å²) < 4.78 is 5.76. The van der Waals surface area contributed by atoms with Crippen molar-refractivity contribution in [3.05, 3.63) is 72.7 Å². The zero-order valence-electron chi connectivity index (χ0n) is 22.1. The van der Waals surface area contributed by atoms with Gasteiger partial charge in [0.1, 0.15) is 5.75 Å². The smallest absolute Gasteiger partial charge is 0.247 e. The minimum absolute atomic E-state index is 0.300. The van der Waals surface area contributed by atoms with Gasteiger partial charge in [-0.25, -0.2) is 9.97 Å². The molecule has 1 atom stereocenters. The summed E-state index contributed by atoms with van der Waals surface area (Å²) >= 11 is 6.20. The lowest BCUT2D eigenvalue weighted by atomic mass is 10.0. The van der Waals surface area contributed by atoms with Crippen molar-refractivity contribution in [2.45, 2.75) is 12.5 Å². The molecule has 200 valence electrons. The molecule has 1 saturated heterocycles. The maximum absolute atomic E-state index is 12.3. The number of likely N-dealkylation sites (tertiary alicyclic amines) is 1. The van der Waals surface area contributed by atoms with Crippen molar-refractivity contribution in [2.24, 2.45) is 0 Å². The van der Waals surface area contributed by atoms with Crippen LogP contribution in [-0.4, -0.2) is 66.1 Å². The first-order valence-electron chi connectivity index (χ1n) is 12.6. The fraction of sp³-hybridized carbons (Fsp3) is 0.241. The number of halogens is 1. The highest BCUT2D eigenvalue weighted by Gasteiger charge is 2.26. The minimum Gasteiger partial charge on any atom is -0.494 e. The standard InChI is InChI=1S/C29H30ClN7O2/c1-5-27(38)33-23-12-24(26(39-4)13-25(23)37(3)21-9-10-36(2)17-21)34-29-32-15-18-7-6-8-22(28(18)35-29)19-11-20(30)16-31-14-19/h5-8,11-16,21H,1,9-10,17H2,2-4H3,(H,33,38)(H,32,34,35). The zero-order chi connectivity index (χ0) is 27.5. The predicted molar refractivity (Wildman–Crippen MR) is 157 cm³/mol. The SMILES string of the molecule is C=CC(=O)Nc1cc(Nc2ncc3cccc(-c4cncc(Cl)c4)c3n2)c(OC)cc1N(C)C1CCN(C)C1. The number of nitrogens with one attached hydrogen (secondary N) is 2. The Morgan fingerprint density at radius 3 is 2.79 bits per heavy atom. The molecule has 0 aliphatic carbocycles. The Kier molecular flexibility index (Phi) is 7.63. The highest BCUT2D eigenvalue weighted by molar-refractivity contribution is 6.30. The van der Waals surface area contributed by atoms with Gasteiger partial charge in [-0.15, -0.1) is 0 Å². The molecular weight excluding hydrogens is 514 g/mol. The average molecular weight is 544 g/mol. The van der Waals surface area contributed by atoms with E-state index < -0.39 is 0 Å². The Morgan fingerprint density at radius 1 is 1.23 bits per heavy atom. The summed E-state index contributed by atoms with van der Waals surface area (Å²) in [6, 6.07) is 11.8. The van der Waals surface area contributed by atoms with Crippen molar-refractivity contribution in [3.8, 4) is 16.9 Å². The van der Waals surface area contributed by atoms with E-state index in [4.69, 9.17) is 21.3 Å². The van der Waals surface area contributed by atoms with Gasteiger partial charge in [0.05, 0.1) is 34.7 Å². The molecule has 3 heterocycles. The summed E-state index contributed by atoms with van der Waals surface area (Å²) in [4.78, 5) is 30.4. The molecule has 2 aromatic carbocycles. The molecule has 1 fully saturated rings. The number of carbonyl (C=O) groups excluding carboxylic acids is 1. The molecule has 0 saturated carbocycles. The quantitative estimate of drug-likeness (QED) is 0.287. The van der Waals surface area contributed by atoms with Crippen molar-refractivity contribution in [2.75, 3.05) is 49.8 Å². The summed E-state index contributed by atoms with van der Waals surface area (Å²) in [6.07, 6.45) is 7.39. The van der Waals surface area contributed by atoms with Crippen LogP contribution in [0.15, 0.2) is 67.6 Å². The van der Waals surface area contributed by atoms with E-state index in [9.17, 15) is 4.79 Å². The number of hydrogen-bond donors (Lipinski definition) is 2. The van der Waals surface area contributed by atoms with Gasteiger partial charge in [0.2, 0.25) is 11.9 Å². The lowest BCUT2D eigenvalue weighted by molar-refractivity contribution is -0.111. The van der Waals surface area contributed by atoms with Crippen LogP contribution >= 0.6 is 11.6 Å². The molecule has 0 bridgehead atoms. The van der Waals surface area contributed by atoms with E-state index >= 15 is 0 Å². The van der Waals surface area contributed by atoms with E-state index in [-0.39, 0.29) is 5.91 Å². The number of para-hydroxylation sites is 1. The second kappa shape index (κ2) is 11.3. The molecule has 1 aliphatic heterocycles. The highest BCUT2D eigenvalue weighted by atomic mass is 35.5. The second-order valence-electron chi connectivity index (χ2n) is 9.53. The van der Waals surface area contributed by atoms with E-state index in [2.05, 4.69) is 44.0 Å². The van der Waals surface area contributed by atoms with Gasteiger partial charge in [-0.1, -0.05) is 36.4 Å². The fourth-order valence-electron chi connectivity index (χ4n) is 4.86. The molecular formula is C29H30ClN7O2. The number of pyridine rings is 1. The Bertz CT molecular complexity index is 1540. The van der Waals surface area contributed by atoms with Gasteiger partial charge in [0, 0.05) is 60.8 Å². The Morgan fingerprint density at radius 2 is 2.08 bits per heavy atom. The molecule has 4 aromatic rings. The third kappa shape index (κ3) is 5.64. The lowest BCUT2D eigenvalue weighted by Gasteiger charge is -2.29. The van der Waals surface area contributed by atoms with E-state index in [0.29, 0.717) is 34.1 Å². The number of amides is 1. The van der Waals surface area contributed by atoms with Gasteiger partial charge in [-0.2, -0.15) is 0 Å². The van der Waals surface area contributed by atoms with E-state index in [1.54, 1.807) is 25.7 Å². The molecule has 9 nitrogen and oxygen atoms in total. The van der Waals surface area contributed by atoms with Crippen LogP contribution in [0.3, 0.4) is 0 Å². The number of anilines is 4. The van der Waals surface area contributed by atoms with Gasteiger partial charge in [0.25, 0.3) is 0 Å². The van der Waals surface area contributed by atoms with E-state index in [1.165, 1.54) is 6.08 Å². The highest BCUT2D eigenvalue weighted by Crippen LogP contribution is 2.39. The van der Waals surface area contributed by atoms with Crippen molar-refractivity contribution >= 4 is 51.4 Å². The molecule has 10 heteroatoms. The maximum Gasteiger partial charge on any atom is 0.247 e. The predicted octanol–water partition coefficient (Wildman–Crippen LogP) is 5.36. The molecule has 1 unspecified atom stereocenters. The van der Waals surface area contributed by atoms with Crippen LogP contribution in [0.2, 0.25) is 5.02 Å². The minimum atomic E-state index is -0.300. The summed E-state index contributed by atoms with van der Waals surface area (Å²) in [6.45, 7) is 5.56. The van der Waals surface area contributed by atoms with Crippen molar-refractivity contribution < 1.29 is 9.53 Å². The van der Waals surface area contributed by atoms with Gasteiger partial charge < -0.3 is 25.2 Å². The number of carbonyl (C=O) groups is 1. The molecule has 0 spiro atoms. The number of rotatable bonds is 8. The van der Waals surface area contributed by atoms with Crippen LogP contribution in [0.4, 0.5) is 23.0 Å². The molecule has 1 aliphatic rings. The normalized spacial score (nSPS) is 15.2. The van der Waals surface area contributed by atoms with Gasteiger partial charge in [-0.3, -0.25) is 9.78 Å². The topological polar surface area (TPSA) is 95.5 Å². The number of ether oxygens (including phenoxy) is 1. The first-order chi connectivity index (χ1) is 18.9. The summed E-state index contributed by atoms with van der Waals surface area (Å²) in [7, 11) is 5.76. The maximum atomic E-state index is 12.3.